The molecule has 0 saturated carbocycles. The highest BCUT2D eigenvalue weighted by Gasteiger charge is 2.15. The number of anilines is 3. The van der Waals surface area contributed by atoms with Crippen molar-refractivity contribution in [3.63, 3.8) is 0 Å². The van der Waals surface area contributed by atoms with Crippen LogP contribution in [0.5, 0.6) is 0 Å². The number of rotatable bonds is 3. The summed E-state index contributed by atoms with van der Waals surface area (Å²) in [5.74, 6) is 1.05. The van der Waals surface area contributed by atoms with E-state index in [0.717, 1.165) is 60.0 Å². The van der Waals surface area contributed by atoms with Crippen molar-refractivity contribution < 1.29 is 0 Å². The van der Waals surface area contributed by atoms with Gasteiger partial charge in [-0.1, -0.05) is 18.2 Å². The first kappa shape index (κ1) is 15.8. The van der Waals surface area contributed by atoms with Gasteiger partial charge >= 0.3 is 0 Å². The number of nitrogens with one attached hydrogen (secondary N) is 1. The van der Waals surface area contributed by atoms with Crippen molar-refractivity contribution in [1.82, 2.24) is 14.9 Å². The maximum Gasteiger partial charge on any atom is 0.128 e. The molecule has 1 aliphatic rings. The number of aryl methyl sites for hydroxylation is 1. The number of benzene rings is 1. The van der Waals surface area contributed by atoms with E-state index in [2.05, 4.69) is 56.4 Å². The molecule has 25 heavy (non-hydrogen) atoms. The molecule has 1 aliphatic heterocycles. The number of piperazine rings is 1. The molecule has 1 aromatic carbocycles. The van der Waals surface area contributed by atoms with Gasteiger partial charge in [0, 0.05) is 42.9 Å². The molecular weight excluding hydrogens is 310 g/mol. The van der Waals surface area contributed by atoms with E-state index in [-0.39, 0.29) is 0 Å². The van der Waals surface area contributed by atoms with Crippen LogP contribution < -0.4 is 10.2 Å². The fourth-order valence-corrected chi connectivity index (χ4v) is 3.25. The van der Waals surface area contributed by atoms with Crippen molar-refractivity contribution in [2.24, 2.45) is 0 Å². The lowest BCUT2D eigenvalue weighted by Crippen LogP contribution is -2.44. The molecule has 0 radical (unpaired) electrons. The zero-order valence-corrected chi connectivity index (χ0v) is 14.7. The Labute approximate surface area is 148 Å². The van der Waals surface area contributed by atoms with Gasteiger partial charge in [-0.15, -0.1) is 0 Å². The molecule has 0 unspecified atom stereocenters. The van der Waals surface area contributed by atoms with E-state index in [0.29, 0.717) is 0 Å². The number of aromatic nitrogens is 2. The number of pyridine rings is 2. The highest BCUT2D eigenvalue weighted by molar-refractivity contribution is 5.93. The predicted octanol–water partition coefficient (Wildman–Crippen LogP) is 3.43. The molecule has 1 N–H and O–H groups in total. The molecule has 0 bridgehead atoms. The largest absolute Gasteiger partial charge is 0.354 e. The zero-order chi connectivity index (χ0) is 17.2. The summed E-state index contributed by atoms with van der Waals surface area (Å²) in [5, 5.41) is 4.62. The quantitative estimate of drug-likeness (QED) is 0.795. The lowest BCUT2D eigenvalue weighted by Gasteiger charge is -2.33. The van der Waals surface area contributed by atoms with Gasteiger partial charge in [0.25, 0.3) is 0 Å². The van der Waals surface area contributed by atoms with Gasteiger partial charge in [0.2, 0.25) is 0 Å². The highest BCUT2D eigenvalue weighted by Crippen LogP contribution is 2.26. The lowest BCUT2D eigenvalue weighted by atomic mass is 10.1. The van der Waals surface area contributed by atoms with E-state index in [9.17, 15) is 0 Å². The van der Waals surface area contributed by atoms with E-state index < -0.39 is 0 Å². The monoisotopic (exact) mass is 333 g/mol. The van der Waals surface area contributed by atoms with Crippen molar-refractivity contribution in [2.75, 3.05) is 43.4 Å². The van der Waals surface area contributed by atoms with Crippen LogP contribution in [0.15, 0.2) is 48.7 Å². The Hall–Kier alpha value is -2.66. The van der Waals surface area contributed by atoms with E-state index in [1.165, 1.54) is 0 Å². The molecule has 1 fully saturated rings. The lowest BCUT2D eigenvalue weighted by molar-refractivity contribution is 0.312. The molecule has 5 heteroatoms. The first-order valence-electron chi connectivity index (χ1n) is 8.72. The molecular formula is C20H23N5. The maximum atomic E-state index is 4.66. The second-order valence-electron chi connectivity index (χ2n) is 6.65. The van der Waals surface area contributed by atoms with Crippen molar-refractivity contribution in [3.05, 3.63) is 54.4 Å². The van der Waals surface area contributed by atoms with Crippen LogP contribution in [0.2, 0.25) is 0 Å². The summed E-state index contributed by atoms with van der Waals surface area (Å²) in [4.78, 5) is 13.9. The topological polar surface area (TPSA) is 44.3 Å². The Kier molecular flexibility index (Phi) is 4.24. The summed E-state index contributed by atoms with van der Waals surface area (Å²) in [6.45, 7) is 6.26. The van der Waals surface area contributed by atoms with Crippen LogP contribution in [0, 0.1) is 6.92 Å². The van der Waals surface area contributed by atoms with Crippen LogP contribution >= 0.6 is 0 Å². The summed E-state index contributed by atoms with van der Waals surface area (Å²) < 4.78 is 0. The minimum Gasteiger partial charge on any atom is -0.354 e. The van der Waals surface area contributed by atoms with Crippen LogP contribution in [-0.2, 0) is 0 Å². The fourth-order valence-electron chi connectivity index (χ4n) is 3.25. The van der Waals surface area contributed by atoms with Crippen molar-refractivity contribution in [2.45, 2.75) is 6.92 Å². The minimum atomic E-state index is 0.994. The minimum absolute atomic E-state index is 0.994. The number of para-hydroxylation sites is 1. The smallest absolute Gasteiger partial charge is 0.128 e. The Balaban J connectivity index is 1.56. The van der Waals surface area contributed by atoms with Crippen molar-refractivity contribution >= 4 is 28.1 Å². The molecule has 0 aliphatic carbocycles. The summed E-state index contributed by atoms with van der Waals surface area (Å²) in [7, 11) is 2.17. The second-order valence-corrected chi connectivity index (χ2v) is 6.65. The van der Waals surface area contributed by atoms with Gasteiger partial charge in [-0.2, -0.15) is 0 Å². The average molecular weight is 333 g/mol. The molecule has 4 rings (SSSR count). The third kappa shape index (κ3) is 3.42. The Morgan fingerprint density at radius 1 is 1.00 bits per heavy atom. The van der Waals surface area contributed by atoms with Crippen LogP contribution in [0.3, 0.4) is 0 Å². The third-order valence-corrected chi connectivity index (χ3v) is 4.70. The Morgan fingerprint density at radius 2 is 1.80 bits per heavy atom. The third-order valence-electron chi connectivity index (χ3n) is 4.70. The highest BCUT2D eigenvalue weighted by atomic mass is 15.3. The molecule has 5 nitrogen and oxygen atoms in total. The van der Waals surface area contributed by atoms with Gasteiger partial charge in [-0.25, -0.2) is 4.98 Å². The fraction of sp³-hybridized carbons (Fsp3) is 0.300. The van der Waals surface area contributed by atoms with Crippen LogP contribution in [0.1, 0.15) is 5.69 Å². The molecule has 0 atom stereocenters. The molecule has 0 amide bonds. The molecule has 2 aromatic heterocycles. The van der Waals surface area contributed by atoms with Gasteiger partial charge in [0.05, 0.1) is 17.4 Å². The summed E-state index contributed by atoms with van der Waals surface area (Å²) in [5.41, 5.74) is 4.07. The summed E-state index contributed by atoms with van der Waals surface area (Å²) >= 11 is 0. The Bertz CT molecular complexity index is 867. The van der Waals surface area contributed by atoms with Gasteiger partial charge in [-0.05, 0) is 38.2 Å². The van der Waals surface area contributed by atoms with E-state index in [1.807, 2.05) is 31.3 Å². The molecule has 1 saturated heterocycles. The van der Waals surface area contributed by atoms with Gasteiger partial charge in [-0.3, -0.25) is 4.98 Å². The van der Waals surface area contributed by atoms with Crippen molar-refractivity contribution in [3.8, 4) is 0 Å². The summed E-state index contributed by atoms with van der Waals surface area (Å²) in [6, 6.07) is 14.5. The Morgan fingerprint density at radius 3 is 2.56 bits per heavy atom. The van der Waals surface area contributed by atoms with Crippen molar-refractivity contribution in [1.29, 1.82) is 0 Å². The first-order valence-corrected chi connectivity index (χ1v) is 8.72. The summed E-state index contributed by atoms with van der Waals surface area (Å²) in [6.07, 6.45) is 1.91. The SMILES string of the molecule is Cc1cc(Nc2ccc(N3CCN(C)CC3)nc2)c2ccccc2n1. The van der Waals surface area contributed by atoms with Crippen LogP contribution in [-0.4, -0.2) is 48.1 Å². The van der Waals surface area contributed by atoms with E-state index in [4.69, 9.17) is 0 Å². The van der Waals surface area contributed by atoms with Gasteiger partial charge in [0.1, 0.15) is 5.82 Å². The number of fused-ring (bicyclic) bond motifs is 1. The van der Waals surface area contributed by atoms with Gasteiger partial charge in [0.15, 0.2) is 0 Å². The number of nitrogens with zero attached hydrogens (tertiary/aromatic N) is 4. The molecule has 0 spiro atoms. The molecule has 128 valence electrons. The predicted molar refractivity (Wildman–Crippen MR) is 104 cm³/mol. The number of hydrogen-bond donors (Lipinski definition) is 1. The normalized spacial score (nSPS) is 15.5. The second kappa shape index (κ2) is 6.69. The van der Waals surface area contributed by atoms with E-state index in [1.54, 1.807) is 0 Å². The van der Waals surface area contributed by atoms with E-state index >= 15 is 0 Å². The number of hydrogen-bond acceptors (Lipinski definition) is 5. The molecule has 3 aromatic rings. The maximum absolute atomic E-state index is 4.66. The van der Waals surface area contributed by atoms with Crippen LogP contribution in [0.4, 0.5) is 17.2 Å². The van der Waals surface area contributed by atoms with Gasteiger partial charge < -0.3 is 15.1 Å². The first-order chi connectivity index (χ1) is 12.2. The standard InChI is InChI=1S/C20H23N5/c1-15-13-19(17-5-3-4-6-18(17)22-15)23-16-7-8-20(21-14-16)25-11-9-24(2)10-12-25/h3-8,13-14H,9-12H2,1-2H3,(H,22,23). The molecule has 3 heterocycles. The van der Waals surface area contributed by atoms with Crippen LogP contribution in [0.25, 0.3) is 10.9 Å². The number of likely N-dealkylation sites (N-methyl/N-ethyl adjacent to an activating group) is 1. The average Bonchev–Trinajstić information content (AvgIpc) is 2.63. The zero-order valence-electron chi connectivity index (χ0n) is 14.7.